The number of nitrogens with zero attached hydrogens (tertiary/aromatic N) is 1. The van der Waals surface area contributed by atoms with Gasteiger partial charge in [0.05, 0.1) is 6.54 Å². The van der Waals surface area contributed by atoms with Crippen molar-refractivity contribution in [3.63, 3.8) is 0 Å². The van der Waals surface area contributed by atoms with Gasteiger partial charge >= 0.3 is 6.09 Å². The highest BCUT2D eigenvalue weighted by Crippen LogP contribution is 2.18. The first-order chi connectivity index (χ1) is 10.7. The van der Waals surface area contributed by atoms with Crippen molar-refractivity contribution in [1.82, 2.24) is 4.90 Å². The molecule has 0 saturated heterocycles. The first-order valence-corrected chi connectivity index (χ1v) is 8.43. The van der Waals surface area contributed by atoms with E-state index >= 15 is 0 Å². The van der Waals surface area contributed by atoms with Crippen molar-refractivity contribution in [3.05, 3.63) is 29.8 Å². The lowest BCUT2D eigenvalue weighted by atomic mass is 10.0. The number of amides is 1. The summed E-state index contributed by atoms with van der Waals surface area (Å²) in [6.07, 6.45) is 0.612. The maximum absolute atomic E-state index is 12.2. The quantitative estimate of drug-likeness (QED) is 0.721. The lowest BCUT2D eigenvalue weighted by Gasteiger charge is -2.27. The zero-order valence-electron chi connectivity index (χ0n) is 15.4. The van der Waals surface area contributed by atoms with Gasteiger partial charge in [-0.15, -0.1) is 0 Å². The molecular formula is C19H31NO3. The molecule has 4 nitrogen and oxygen atoms in total. The van der Waals surface area contributed by atoms with Crippen molar-refractivity contribution in [2.75, 3.05) is 19.7 Å². The molecule has 0 atom stereocenters. The second-order valence-corrected chi connectivity index (χ2v) is 7.04. The molecular weight excluding hydrogens is 290 g/mol. The van der Waals surface area contributed by atoms with Crippen LogP contribution >= 0.6 is 0 Å². The summed E-state index contributed by atoms with van der Waals surface area (Å²) in [4.78, 5) is 13.9. The zero-order chi connectivity index (χ0) is 17.5. The number of carbonyl (C=O) groups is 1. The Hall–Kier alpha value is -1.71. The van der Waals surface area contributed by atoms with Gasteiger partial charge in [0.1, 0.15) is 18.0 Å². The third kappa shape index (κ3) is 7.40. The maximum atomic E-state index is 12.2. The summed E-state index contributed by atoms with van der Waals surface area (Å²) in [5, 5.41) is 0. The van der Waals surface area contributed by atoms with Crippen LogP contribution in [0.5, 0.6) is 5.75 Å². The molecule has 0 aliphatic carbocycles. The minimum absolute atomic E-state index is 0.280. The molecule has 0 radical (unpaired) electrons. The first-order valence-electron chi connectivity index (χ1n) is 8.43. The van der Waals surface area contributed by atoms with Crippen LogP contribution in [-0.2, 0) is 4.74 Å². The molecule has 1 aromatic rings. The molecule has 0 aliphatic heterocycles. The number of hydrogen-bond acceptors (Lipinski definition) is 3. The summed E-state index contributed by atoms with van der Waals surface area (Å²) >= 11 is 0. The fourth-order valence-electron chi connectivity index (χ4n) is 2.11. The molecule has 0 heterocycles. The van der Waals surface area contributed by atoms with Gasteiger partial charge in [0.2, 0.25) is 0 Å². The normalized spacial score (nSPS) is 11.4. The highest BCUT2D eigenvalue weighted by atomic mass is 16.6. The van der Waals surface area contributed by atoms with Crippen LogP contribution in [0.2, 0.25) is 0 Å². The molecule has 23 heavy (non-hydrogen) atoms. The highest BCUT2D eigenvalue weighted by molar-refractivity contribution is 5.68. The van der Waals surface area contributed by atoms with Gasteiger partial charge in [-0.1, -0.05) is 32.9 Å². The Bertz CT molecular complexity index is 474. The summed E-state index contributed by atoms with van der Waals surface area (Å²) in [7, 11) is 0. The number of hydrogen-bond donors (Lipinski definition) is 0. The fraction of sp³-hybridized carbons (Fsp3) is 0.632. The van der Waals surface area contributed by atoms with E-state index in [1.807, 2.05) is 39.8 Å². The average molecular weight is 321 g/mol. The highest BCUT2D eigenvalue weighted by Gasteiger charge is 2.21. The van der Waals surface area contributed by atoms with Crippen LogP contribution in [0.4, 0.5) is 4.79 Å². The van der Waals surface area contributed by atoms with Gasteiger partial charge in [-0.2, -0.15) is 0 Å². The van der Waals surface area contributed by atoms with E-state index in [2.05, 4.69) is 26.0 Å². The number of rotatable bonds is 7. The molecule has 0 aliphatic rings. The molecule has 4 heteroatoms. The number of carbonyl (C=O) groups excluding carboxylic acids is 1. The predicted molar refractivity (Wildman–Crippen MR) is 94.1 cm³/mol. The Morgan fingerprint density at radius 3 is 2.22 bits per heavy atom. The van der Waals surface area contributed by atoms with Gasteiger partial charge in [0.25, 0.3) is 0 Å². The van der Waals surface area contributed by atoms with Crippen molar-refractivity contribution < 1.29 is 14.3 Å². The van der Waals surface area contributed by atoms with Gasteiger partial charge in [0, 0.05) is 6.54 Å². The van der Waals surface area contributed by atoms with E-state index in [0.717, 1.165) is 12.2 Å². The molecule has 0 aromatic heterocycles. The largest absolute Gasteiger partial charge is 0.492 e. The molecule has 1 rings (SSSR count). The predicted octanol–water partition coefficient (Wildman–Crippen LogP) is 4.84. The van der Waals surface area contributed by atoms with Crippen molar-refractivity contribution in [1.29, 1.82) is 0 Å². The summed E-state index contributed by atoms with van der Waals surface area (Å²) in [6.45, 7) is 13.7. The van der Waals surface area contributed by atoms with Crippen molar-refractivity contribution in [2.45, 2.75) is 59.5 Å². The minimum atomic E-state index is -0.476. The summed E-state index contributed by atoms with van der Waals surface area (Å²) in [5.74, 6) is 1.34. The van der Waals surface area contributed by atoms with E-state index < -0.39 is 5.60 Å². The van der Waals surface area contributed by atoms with Crippen molar-refractivity contribution >= 4 is 6.09 Å². The van der Waals surface area contributed by atoms with E-state index in [4.69, 9.17) is 9.47 Å². The summed E-state index contributed by atoms with van der Waals surface area (Å²) < 4.78 is 11.2. The second-order valence-electron chi connectivity index (χ2n) is 7.04. The average Bonchev–Trinajstić information content (AvgIpc) is 2.45. The Labute approximate surface area is 140 Å². The van der Waals surface area contributed by atoms with Gasteiger partial charge < -0.3 is 14.4 Å². The van der Waals surface area contributed by atoms with E-state index in [1.54, 1.807) is 4.90 Å². The van der Waals surface area contributed by atoms with Crippen molar-refractivity contribution in [3.8, 4) is 5.75 Å². The SMILES string of the molecule is CCCN(CCOc1ccc(C(C)C)cc1)C(=O)OC(C)(C)C. The van der Waals surface area contributed by atoms with E-state index in [0.29, 0.717) is 25.6 Å². The van der Waals surface area contributed by atoms with E-state index in [1.165, 1.54) is 5.56 Å². The summed E-state index contributed by atoms with van der Waals surface area (Å²) in [6, 6.07) is 8.12. The van der Waals surface area contributed by atoms with Crippen LogP contribution in [0.1, 0.15) is 59.4 Å². The van der Waals surface area contributed by atoms with Gasteiger partial charge in [-0.3, -0.25) is 0 Å². The zero-order valence-corrected chi connectivity index (χ0v) is 15.4. The van der Waals surface area contributed by atoms with E-state index in [9.17, 15) is 4.79 Å². The van der Waals surface area contributed by atoms with Crippen molar-refractivity contribution in [2.24, 2.45) is 0 Å². The number of ether oxygens (including phenoxy) is 2. The minimum Gasteiger partial charge on any atom is -0.492 e. The monoisotopic (exact) mass is 321 g/mol. The Balaban J connectivity index is 2.50. The molecule has 0 unspecified atom stereocenters. The third-order valence-electron chi connectivity index (χ3n) is 3.32. The maximum Gasteiger partial charge on any atom is 0.410 e. The number of benzene rings is 1. The Morgan fingerprint density at radius 1 is 1.13 bits per heavy atom. The van der Waals surface area contributed by atoms with Crippen LogP contribution < -0.4 is 4.74 Å². The molecule has 0 N–H and O–H groups in total. The molecule has 0 fully saturated rings. The topological polar surface area (TPSA) is 38.8 Å². The molecule has 0 bridgehead atoms. The fourth-order valence-corrected chi connectivity index (χ4v) is 2.11. The smallest absolute Gasteiger partial charge is 0.410 e. The van der Waals surface area contributed by atoms with Gasteiger partial charge in [0.15, 0.2) is 0 Å². The molecule has 0 spiro atoms. The lowest BCUT2D eigenvalue weighted by Crippen LogP contribution is -2.39. The molecule has 0 saturated carbocycles. The van der Waals surface area contributed by atoms with Crippen LogP contribution in [0.25, 0.3) is 0 Å². The van der Waals surface area contributed by atoms with Crippen LogP contribution in [0, 0.1) is 0 Å². The molecule has 1 amide bonds. The van der Waals surface area contributed by atoms with Crippen LogP contribution in [0.3, 0.4) is 0 Å². The lowest BCUT2D eigenvalue weighted by molar-refractivity contribution is 0.0226. The third-order valence-corrected chi connectivity index (χ3v) is 3.32. The molecule has 1 aromatic carbocycles. The van der Waals surface area contributed by atoms with Gasteiger partial charge in [-0.05, 0) is 50.8 Å². The first kappa shape index (κ1) is 19.3. The second kappa shape index (κ2) is 8.80. The van der Waals surface area contributed by atoms with Crippen LogP contribution in [-0.4, -0.2) is 36.3 Å². The molecule has 130 valence electrons. The van der Waals surface area contributed by atoms with Crippen LogP contribution in [0.15, 0.2) is 24.3 Å². The Kier molecular flexibility index (Phi) is 7.40. The standard InChI is InChI=1S/C19H31NO3/c1-7-12-20(18(21)23-19(4,5)6)13-14-22-17-10-8-16(9-11-17)15(2)3/h8-11,15H,7,12-14H2,1-6H3. The van der Waals surface area contributed by atoms with Gasteiger partial charge in [-0.25, -0.2) is 4.79 Å². The summed E-state index contributed by atoms with van der Waals surface area (Å²) in [5.41, 5.74) is 0.815. The van der Waals surface area contributed by atoms with E-state index in [-0.39, 0.29) is 6.09 Å². The Morgan fingerprint density at radius 2 is 1.74 bits per heavy atom.